The van der Waals surface area contributed by atoms with Gasteiger partial charge in [-0.25, -0.2) is 0 Å². The van der Waals surface area contributed by atoms with Gasteiger partial charge < -0.3 is 15.2 Å². The number of nitrogen functional groups attached to an aromatic ring is 1. The first-order valence-electron chi connectivity index (χ1n) is 7.49. The number of hydrogen-bond donors (Lipinski definition) is 1. The fourth-order valence-corrected chi connectivity index (χ4v) is 2.64. The summed E-state index contributed by atoms with van der Waals surface area (Å²) in [6, 6.07) is 2.83. The Labute approximate surface area is 114 Å². The zero-order valence-electron chi connectivity index (χ0n) is 11.6. The molecule has 3 rings (SSSR count). The second-order valence-electron chi connectivity index (χ2n) is 5.88. The number of aromatic nitrogens is 1. The fraction of sp³-hybridized carbons (Fsp3) is 0.667. The lowest BCUT2D eigenvalue weighted by Gasteiger charge is -2.23. The minimum atomic E-state index is 0.180. The summed E-state index contributed by atoms with van der Waals surface area (Å²) in [6.07, 6.45) is 8.81. The Hall–Kier alpha value is -1.45. The first-order chi connectivity index (χ1) is 9.20. The molecule has 0 atom stereocenters. The predicted molar refractivity (Wildman–Crippen MR) is 76.1 cm³/mol. The zero-order chi connectivity index (χ0) is 13.4. The third-order valence-corrected chi connectivity index (χ3v) is 4.03. The molecule has 2 N–H and O–H groups in total. The van der Waals surface area contributed by atoms with Gasteiger partial charge in [0.1, 0.15) is 5.69 Å². The minimum absolute atomic E-state index is 0.180. The molecule has 104 valence electrons. The summed E-state index contributed by atoms with van der Waals surface area (Å²) in [5.41, 5.74) is 7.39. The van der Waals surface area contributed by atoms with Gasteiger partial charge in [-0.3, -0.25) is 4.79 Å². The highest BCUT2D eigenvalue weighted by atomic mass is 16.2. The normalized spacial score (nSPS) is 18.6. The summed E-state index contributed by atoms with van der Waals surface area (Å²) in [5, 5.41) is 0. The highest BCUT2D eigenvalue weighted by molar-refractivity contribution is 5.94. The van der Waals surface area contributed by atoms with Crippen LogP contribution in [0.3, 0.4) is 0 Å². The second kappa shape index (κ2) is 4.91. The van der Waals surface area contributed by atoms with Crippen molar-refractivity contribution in [2.75, 3.05) is 12.3 Å². The largest absolute Gasteiger partial charge is 0.397 e. The molecular formula is C15H23N3O. The number of amides is 1. The fourth-order valence-electron chi connectivity index (χ4n) is 2.64. The number of nitrogens with zero attached hydrogens (tertiary/aromatic N) is 2. The summed E-state index contributed by atoms with van der Waals surface area (Å²) < 4.78 is 2.10. The van der Waals surface area contributed by atoms with E-state index >= 15 is 0 Å². The smallest absolute Gasteiger partial charge is 0.270 e. The quantitative estimate of drug-likeness (QED) is 0.856. The molecule has 2 aliphatic carbocycles. The van der Waals surface area contributed by atoms with Gasteiger partial charge in [-0.2, -0.15) is 0 Å². The van der Waals surface area contributed by atoms with Crippen LogP contribution in [0, 0.1) is 0 Å². The summed E-state index contributed by atoms with van der Waals surface area (Å²) in [5.74, 6) is 0.180. The van der Waals surface area contributed by atoms with Gasteiger partial charge in [0.15, 0.2) is 0 Å². The van der Waals surface area contributed by atoms with Gasteiger partial charge in [0, 0.05) is 24.8 Å². The van der Waals surface area contributed by atoms with Crippen LogP contribution in [-0.4, -0.2) is 28.0 Å². The Morgan fingerprint density at radius 1 is 1.42 bits per heavy atom. The maximum Gasteiger partial charge on any atom is 0.270 e. The highest BCUT2D eigenvalue weighted by Crippen LogP contribution is 2.38. The van der Waals surface area contributed by atoms with Crippen molar-refractivity contribution in [2.24, 2.45) is 0 Å². The lowest BCUT2D eigenvalue weighted by molar-refractivity contribution is 0.0729. The van der Waals surface area contributed by atoms with Crippen molar-refractivity contribution in [3.8, 4) is 0 Å². The van der Waals surface area contributed by atoms with E-state index in [1.165, 1.54) is 12.8 Å². The van der Waals surface area contributed by atoms with Crippen molar-refractivity contribution in [3.63, 3.8) is 0 Å². The average Bonchev–Trinajstić information content (AvgIpc) is 3.28. The van der Waals surface area contributed by atoms with E-state index < -0.39 is 0 Å². The van der Waals surface area contributed by atoms with Gasteiger partial charge in [-0.1, -0.05) is 13.3 Å². The van der Waals surface area contributed by atoms with Crippen molar-refractivity contribution in [2.45, 2.75) is 57.5 Å². The average molecular weight is 261 g/mol. The molecule has 19 heavy (non-hydrogen) atoms. The maximum absolute atomic E-state index is 12.7. The van der Waals surface area contributed by atoms with Crippen molar-refractivity contribution >= 4 is 11.6 Å². The lowest BCUT2D eigenvalue weighted by atomic mass is 10.2. The van der Waals surface area contributed by atoms with Gasteiger partial charge in [0.2, 0.25) is 0 Å². The number of anilines is 1. The summed E-state index contributed by atoms with van der Waals surface area (Å²) in [6.45, 7) is 3.05. The van der Waals surface area contributed by atoms with Crippen LogP contribution in [-0.2, 0) is 0 Å². The molecule has 1 aromatic heterocycles. The molecule has 0 spiro atoms. The Bertz CT molecular complexity index is 472. The Morgan fingerprint density at radius 2 is 2.16 bits per heavy atom. The van der Waals surface area contributed by atoms with E-state index in [4.69, 9.17) is 5.73 Å². The third-order valence-electron chi connectivity index (χ3n) is 4.03. The van der Waals surface area contributed by atoms with E-state index in [-0.39, 0.29) is 5.91 Å². The molecule has 1 heterocycles. The topological polar surface area (TPSA) is 51.3 Å². The molecule has 2 saturated carbocycles. The first-order valence-corrected chi connectivity index (χ1v) is 7.49. The molecule has 2 fully saturated rings. The van der Waals surface area contributed by atoms with Crippen molar-refractivity contribution in [1.29, 1.82) is 0 Å². The van der Waals surface area contributed by atoms with Crippen LogP contribution < -0.4 is 5.73 Å². The van der Waals surface area contributed by atoms with Gasteiger partial charge in [-0.15, -0.1) is 0 Å². The minimum Gasteiger partial charge on any atom is -0.397 e. The first kappa shape index (κ1) is 12.6. The summed E-state index contributed by atoms with van der Waals surface area (Å²) in [4.78, 5) is 14.8. The Morgan fingerprint density at radius 3 is 2.74 bits per heavy atom. The molecule has 4 heteroatoms. The van der Waals surface area contributed by atoms with Crippen molar-refractivity contribution in [3.05, 3.63) is 18.0 Å². The maximum atomic E-state index is 12.7. The van der Waals surface area contributed by atoms with Crippen LogP contribution in [0.15, 0.2) is 12.3 Å². The van der Waals surface area contributed by atoms with Crippen LogP contribution in [0.2, 0.25) is 0 Å². The van der Waals surface area contributed by atoms with Gasteiger partial charge in [-0.05, 0) is 38.2 Å². The molecule has 0 radical (unpaired) electrons. The molecule has 0 aromatic carbocycles. The molecule has 0 bridgehead atoms. The number of nitrogens with two attached hydrogens (primary N) is 1. The summed E-state index contributed by atoms with van der Waals surface area (Å²) in [7, 11) is 0. The number of rotatable bonds is 6. The molecule has 0 unspecified atom stereocenters. The van der Waals surface area contributed by atoms with Gasteiger partial charge in [0.05, 0.1) is 5.69 Å². The van der Waals surface area contributed by atoms with E-state index in [1.807, 2.05) is 12.3 Å². The van der Waals surface area contributed by atoms with Gasteiger partial charge >= 0.3 is 0 Å². The molecule has 0 aliphatic heterocycles. The van der Waals surface area contributed by atoms with E-state index in [9.17, 15) is 4.79 Å². The number of hydrogen-bond acceptors (Lipinski definition) is 2. The molecular weight excluding hydrogens is 238 g/mol. The van der Waals surface area contributed by atoms with Crippen molar-refractivity contribution < 1.29 is 4.79 Å². The molecule has 1 amide bonds. The highest BCUT2D eigenvalue weighted by Gasteiger charge is 2.35. The van der Waals surface area contributed by atoms with Crippen LogP contribution in [0.25, 0.3) is 0 Å². The summed E-state index contributed by atoms with van der Waals surface area (Å²) >= 11 is 0. The Balaban J connectivity index is 1.80. The van der Waals surface area contributed by atoms with E-state index in [1.54, 1.807) is 0 Å². The SMILES string of the molecule is CCCCN(C(=O)c1cc(N)cn1C1CC1)C1CC1. The van der Waals surface area contributed by atoms with E-state index in [0.717, 1.165) is 37.9 Å². The zero-order valence-corrected chi connectivity index (χ0v) is 11.6. The standard InChI is InChI=1S/C15H23N3O/c1-2-3-8-17(12-4-5-12)15(19)14-9-11(16)10-18(14)13-6-7-13/h9-10,12-13H,2-8,16H2,1H3. The van der Waals surface area contributed by atoms with Crippen LogP contribution in [0.5, 0.6) is 0 Å². The second-order valence-corrected chi connectivity index (χ2v) is 5.88. The Kier molecular flexibility index (Phi) is 3.25. The molecule has 2 aliphatic rings. The van der Waals surface area contributed by atoms with Crippen LogP contribution in [0.1, 0.15) is 62.0 Å². The molecule has 4 nitrogen and oxygen atoms in total. The van der Waals surface area contributed by atoms with Gasteiger partial charge in [0.25, 0.3) is 5.91 Å². The number of carbonyl (C=O) groups is 1. The third kappa shape index (κ3) is 2.62. The van der Waals surface area contributed by atoms with Crippen LogP contribution >= 0.6 is 0 Å². The van der Waals surface area contributed by atoms with Crippen molar-refractivity contribution in [1.82, 2.24) is 9.47 Å². The van der Waals surface area contributed by atoms with E-state index in [0.29, 0.717) is 17.8 Å². The lowest BCUT2D eigenvalue weighted by Crippen LogP contribution is -2.35. The molecule has 0 saturated heterocycles. The predicted octanol–water partition coefficient (Wildman–Crippen LogP) is 2.81. The number of carbonyl (C=O) groups excluding carboxylic acids is 1. The number of unbranched alkanes of at least 4 members (excludes halogenated alkanes) is 1. The van der Waals surface area contributed by atoms with Crippen LogP contribution in [0.4, 0.5) is 5.69 Å². The monoisotopic (exact) mass is 261 g/mol. The van der Waals surface area contributed by atoms with E-state index in [2.05, 4.69) is 16.4 Å². The molecule has 1 aromatic rings.